The molecule has 7 heteroatoms. The topological polar surface area (TPSA) is 84.7 Å². The molecule has 1 heterocycles. The molecule has 7 nitrogen and oxygen atoms in total. The van der Waals surface area contributed by atoms with Crippen molar-refractivity contribution in [3.05, 3.63) is 71.5 Å². The molecule has 2 aromatic carbocycles. The Morgan fingerprint density at radius 3 is 2.42 bits per heavy atom. The monoisotopic (exact) mass is 348 g/mol. The third kappa shape index (κ3) is 3.28. The van der Waals surface area contributed by atoms with Crippen LogP contribution in [0.5, 0.6) is 0 Å². The summed E-state index contributed by atoms with van der Waals surface area (Å²) in [5, 5.41) is 17.8. The van der Waals surface area contributed by atoms with Gasteiger partial charge in [-0.1, -0.05) is 42.5 Å². The molecule has 1 aromatic heterocycles. The number of tetrazole rings is 1. The number of fused-ring (bicyclic) bond motifs is 1. The maximum atomic E-state index is 12.4. The molecular formula is C19H20N6O. The Hall–Kier alpha value is -3.22. The third-order valence-corrected chi connectivity index (χ3v) is 4.62. The number of carbonyl (C=O) groups excluding carboxylic acids is 1. The van der Waals surface area contributed by atoms with E-state index in [1.165, 1.54) is 11.1 Å². The number of nitrogens with one attached hydrogen (secondary N) is 2. The average Bonchev–Trinajstić information content (AvgIpc) is 3.28. The lowest BCUT2D eigenvalue weighted by Gasteiger charge is -2.17. The summed E-state index contributed by atoms with van der Waals surface area (Å²) in [7, 11) is 0. The van der Waals surface area contributed by atoms with Crippen LogP contribution in [0.25, 0.3) is 5.69 Å². The zero-order valence-corrected chi connectivity index (χ0v) is 14.5. The maximum absolute atomic E-state index is 12.4. The predicted molar refractivity (Wildman–Crippen MR) is 96.9 cm³/mol. The quantitative estimate of drug-likeness (QED) is 0.757. The molecule has 3 aromatic rings. The van der Waals surface area contributed by atoms with E-state index in [1.54, 1.807) is 4.68 Å². The molecule has 1 aliphatic carbocycles. The minimum absolute atomic E-state index is 0.115. The Bertz CT molecular complexity index is 882. The molecule has 132 valence electrons. The van der Waals surface area contributed by atoms with Crippen molar-refractivity contribution in [1.29, 1.82) is 0 Å². The van der Waals surface area contributed by atoms with Crippen molar-refractivity contribution < 1.29 is 4.79 Å². The SMILES string of the molecule is CC(NC(=O)NC1Cc2ccccc2C1)c1nnnn1-c1ccccc1. The number of urea groups is 1. The Labute approximate surface area is 151 Å². The standard InChI is InChI=1S/C19H20N6O/c1-13(18-22-23-24-25(18)17-9-3-2-4-10-17)20-19(26)21-16-11-14-7-5-6-8-15(14)12-16/h2-10,13,16H,11-12H2,1H3,(H2,20,21,26). The van der Waals surface area contributed by atoms with Crippen LogP contribution in [0.15, 0.2) is 54.6 Å². The lowest BCUT2D eigenvalue weighted by molar-refractivity contribution is 0.233. The molecule has 1 unspecified atom stereocenters. The molecular weight excluding hydrogens is 328 g/mol. The van der Waals surface area contributed by atoms with Gasteiger partial charge in [-0.2, -0.15) is 4.68 Å². The van der Waals surface area contributed by atoms with Crippen LogP contribution in [-0.4, -0.2) is 32.3 Å². The van der Waals surface area contributed by atoms with Gasteiger partial charge in [0, 0.05) is 6.04 Å². The van der Waals surface area contributed by atoms with Crippen LogP contribution in [-0.2, 0) is 12.8 Å². The zero-order valence-electron chi connectivity index (χ0n) is 14.5. The van der Waals surface area contributed by atoms with E-state index in [4.69, 9.17) is 0 Å². The van der Waals surface area contributed by atoms with Gasteiger partial charge in [-0.15, -0.1) is 5.10 Å². The fourth-order valence-corrected chi connectivity index (χ4v) is 3.37. The van der Waals surface area contributed by atoms with Gasteiger partial charge >= 0.3 is 6.03 Å². The number of benzene rings is 2. The van der Waals surface area contributed by atoms with Gasteiger partial charge < -0.3 is 10.6 Å². The second kappa shape index (κ2) is 6.95. The molecule has 0 radical (unpaired) electrons. The molecule has 4 rings (SSSR count). The predicted octanol–water partition coefficient (Wildman–Crippen LogP) is 2.19. The number of hydrogen-bond donors (Lipinski definition) is 2. The van der Waals surface area contributed by atoms with Crippen molar-refractivity contribution >= 4 is 6.03 Å². The van der Waals surface area contributed by atoms with Gasteiger partial charge in [0.05, 0.1) is 11.7 Å². The highest BCUT2D eigenvalue weighted by Crippen LogP contribution is 2.21. The van der Waals surface area contributed by atoms with E-state index < -0.39 is 0 Å². The van der Waals surface area contributed by atoms with E-state index in [0.29, 0.717) is 5.82 Å². The highest BCUT2D eigenvalue weighted by atomic mass is 16.2. The highest BCUT2D eigenvalue weighted by molar-refractivity contribution is 5.75. The van der Waals surface area contributed by atoms with Crippen LogP contribution >= 0.6 is 0 Å². The fourth-order valence-electron chi connectivity index (χ4n) is 3.37. The fraction of sp³-hybridized carbons (Fsp3) is 0.263. The van der Waals surface area contributed by atoms with Crippen LogP contribution in [0.2, 0.25) is 0 Å². The third-order valence-electron chi connectivity index (χ3n) is 4.62. The van der Waals surface area contributed by atoms with Crippen molar-refractivity contribution in [2.75, 3.05) is 0 Å². The van der Waals surface area contributed by atoms with E-state index in [0.717, 1.165) is 18.5 Å². The molecule has 26 heavy (non-hydrogen) atoms. The molecule has 0 bridgehead atoms. The minimum atomic E-state index is -0.325. The molecule has 0 saturated carbocycles. The average molecular weight is 348 g/mol. The molecule has 0 fully saturated rings. The van der Waals surface area contributed by atoms with Crippen molar-refractivity contribution in [3.63, 3.8) is 0 Å². The van der Waals surface area contributed by atoms with Crippen LogP contribution in [0, 0.1) is 0 Å². The zero-order chi connectivity index (χ0) is 17.9. The van der Waals surface area contributed by atoms with E-state index >= 15 is 0 Å². The van der Waals surface area contributed by atoms with Crippen LogP contribution in [0.4, 0.5) is 4.79 Å². The Kier molecular flexibility index (Phi) is 4.35. The molecule has 1 atom stereocenters. The number of aromatic nitrogens is 4. The van der Waals surface area contributed by atoms with Gasteiger partial charge in [0.2, 0.25) is 0 Å². The van der Waals surface area contributed by atoms with E-state index in [2.05, 4.69) is 38.3 Å². The summed E-state index contributed by atoms with van der Waals surface area (Å²) in [6.07, 6.45) is 1.72. The number of amides is 2. The Morgan fingerprint density at radius 1 is 1.08 bits per heavy atom. The molecule has 1 aliphatic rings. The molecule has 0 saturated heterocycles. The number of rotatable bonds is 4. The first-order valence-electron chi connectivity index (χ1n) is 8.68. The maximum Gasteiger partial charge on any atom is 0.315 e. The number of para-hydroxylation sites is 1. The van der Waals surface area contributed by atoms with E-state index in [1.807, 2.05) is 49.4 Å². The van der Waals surface area contributed by atoms with Crippen LogP contribution in [0.3, 0.4) is 0 Å². The van der Waals surface area contributed by atoms with Crippen molar-refractivity contribution in [3.8, 4) is 5.69 Å². The highest BCUT2D eigenvalue weighted by Gasteiger charge is 2.24. The minimum Gasteiger partial charge on any atom is -0.335 e. The largest absolute Gasteiger partial charge is 0.335 e. The van der Waals surface area contributed by atoms with Crippen molar-refractivity contribution in [2.24, 2.45) is 0 Å². The number of hydrogen-bond acceptors (Lipinski definition) is 4. The van der Waals surface area contributed by atoms with E-state index in [9.17, 15) is 4.79 Å². The summed E-state index contributed by atoms with van der Waals surface area (Å²) in [5.74, 6) is 0.584. The van der Waals surface area contributed by atoms with Gasteiger partial charge in [-0.3, -0.25) is 0 Å². The second-order valence-corrected chi connectivity index (χ2v) is 6.50. The molecule has 0 spiro atoms. The van der Waals surface area contributed by atoms with Gasteiger partial charge in [0.1, 0.15) is 0 Å². The van der Waals surface area contributed by atoms with E-state index in [-0.39, 0.29) is 18.1 Å². The molecule has 2 N–H and O–H groups in total. The van der Waals surface area contributed by atoms with Gasteiger partial charge in [0.25, 0.3) is 0 Å². The molecule has 2 amide bonds. The number of carbonyl (C=O) groups is 1. The number of nitrogens with zero attached hydrogens (tertiary/aromatic N) is 4. The van der Waals surface area contributed by atoms with Crippen molar-refractivity contribution in [2.45, 2.75) is 31.8 Å². The first-order chi connectivity index (χ1) is 12.7. The summed E-state index contributed by atoms with van der Waals surface area (Å²) >= 11 is 0. The molecule has 0 aliphatic heterocycles. The first-order valence-corrected chi connectivity index (χ1v) is 8.68. The van der Waals surface area contributed by atoms with Crippen molar-refractivity contribution in [1.82, 2.24) is 30.8 Å². The summed E-state index contributed by atoms with van der Waals surface area (Å²) in [6, 6.07) is 17.5. The van der Waals surface area contributed by atoms with Gasteiger partial charge in [-0.25, -0.2) is 4.79 Å². The second-order valence-electron chi connectivity index (χ2n) is 6.50. The van der Waals surface area contributed by atoms with Gasteiger partial charge in [-0.05, 0) is 53.5 Å². The van der Waals surface area contributed by atoms with Crippen LogP contribution in [0.1, 0.15) is 29.9 Å². The lowest BCUT2D eigenvalue weighted by atomic mass is 10.1. The Morgan fingerprint density at radius 2 is 1.73 bits per heavy atom. The summed E-state index contributed by atoms with van der Waals surface area (Å²) in [5.41, 5.74) is 3.46. The van der Waals surface area contributed by atoms with Crippen LogP contribution < -0.4 is 10.6 Å². The lowest BCUT2D eigenvalue weighted by Crippen LogP contribution is -2.43. The first kappa shape index (κ1) is 16.3. The summed E-state index contributed by atoms with van der Waals surface area (Å²) in [4.78, 5) is 12.4. The van der Waals surface area contributed by atoms with Gasteiger partial charge in [0.15, 0.2) is 5.82 Å². The summed E-state index contributed by atoms with van der Waals surface area (Å²) < 4.78 is 1.64. The summed E-state index contributed by atoms with van der Waals surface area (Å²) in [6.45, 7) is 1.87. The smallest absolute Gasteiger partial charge is 0.315 e. The Balaban J connectivity index is 1.39. The normalized spacial score (nSPS) is 14.7.